The van der Waals surface area contributed by atoms with Crippen LogP contribution in [0.1, 0.15) is 77.9 Å². The number of rotatable bonds is 26. The highest BCUT2D eigenvalue weighted by molar-refractivity contribution is 8.04. The van der Waals surface area contributed by atoms with Gasteiger partial charge in [0.05, 0.1) is 31.7 Å². The fourth-order valence-electron chi connectivity index (χ4n) is 5.60. The number of ketones is 3. The highest BCUT2D eigenvalue weighted by Gasteiger charge is 2.59. The molecule has 1 aromatic heterocycles. The van der Waals surface area contributed by atoms with Crippen LogP contribution in [0.15, 0.2) is 17.1 Å². The number of carboxylic acids is 1. The Bertz CT molecular complexity index is 1570. The molecule has 1 aliphatic heterocycles. The van der Waals surface area contributed by atoms with Crippen LogP contribution in [0.2, 0.25) is 0 Å². The molecule has 3 rings (SSSR count). The first-order chi connectivity index (χ1) is 26.1. The summed E-state index contributed by atoms with van der Waals surface area (Å²) in [7, 11) is 0. The van der Waals surface area contributed by atoms with E-state index in [0.29, 0.717) is 22.5 Å². The largest absolute Gasteiger partial charge is 0.481 e. The highest BCUT2D eigenvalue weighted by Crippen LogP contribution is 2.43. The first kappa shape index (κ1) is 46.1. The molecule has 0 bridgehead atoms. The van der Waals surface area contributed by atoms with Crippen LogP contribution in [0.4, 0.5) is 14.6 Å². The summed E-state index contributed by atoms with van der Waals surface area (Å²) in [6.45, 7) is 2.64. The van der Waals surface area contributed by atoms with Crippen molar-refractivity contribution in [1.82, 2.24) is 14.9 Å². The minimum atomic E-state index is -3.91. The Labute approximate surface area is 325 Å². The molecule has 1 aromatic rings. The van der Waals surface area contributed by atoms with Gasteiger partial charge >= 0.3 is 17.6 Å². The number of thioether (sulfide) groups is 2. The number of nitrogens with zero attached hydrogens (tertiary/aromatic N) is 2. The van der Waals surface area contributed by atoms with Crippen molar-refractivity contribution in [3.05, 3.63) is 22.7 Å². The topological polar surface area (TPSA) is 241 Å². The first-order valence-corrected chi connectivity index (χ1v) is 20.2. The van der Waals surface area contributed by atoms with Gasteiger partial charge in [0, 0.05) is 73.3 Å². The number of Topliss-reactive ketones (excluding diaryl/α,β-unsaturated/α-hetero) is 3. The smallest absolute Gasteiger partial charge is 0.351 e. The van der Waals surface area contributed by atoms with Gasteiger partial charge in [0.2, 0.25) is 18.0 Å². The minimum absolute atomic E-state index is 0.0323. The van der Waals surface area contributed by atoms with Gasteiger partial charge in [-0.3, -0.25) is 33.3 Å². The van der Waals surface area contributed by atoms with Crippen molar-refractivity contribution >= 4 is 64.5 Å². The molecule has 2 aliphatic rings. The predicted octanol–water partition coefficient (Wildman–Crippen LogP) is 1.99. The lowest BCUT2D eigenvalue weighted by molar-refractivity contribution is -0.141. The number of amides is 2. The molecule has 5 N–H and O–H groups in total. The van der Waals surface area contributed by atoms with Crippen molar-refractivity contribution in [1.29, 1.82) is 0 Å². The van der Waals surface area contributed by atoms with Crippen molar-refractivity contribution in [2.45, 2.75) is 106 Å². The van der Waals surface area contributed by atoms with Gasteiger partial charge in [-0.1, -0.05) is 6.92 Å². The maximum atomic E-state index is 14.4. The van der Waals surface area contributed by atoms with Crippen molar-refractivity contribution in [2.24, 2.45) is 11.8 Å². The molecule has 16 nitrogen and oxygen atoms in total. The van der Waals surface area contributed by atoms with Crippen LogP contribution >= 0.6 is 23.5 Å². The molecule has 4 unspecified atom stereocenters. The summed E-state index contributed by atoms with van der Waals surface area (Å²) in [5, 5.41) is 33.7. The molecular formula is C35H50F2N4O12S2. The molecule has 20 heteroatoms. The van der Waals surface area contributed by atoms with Crippen LogP contribution in [-0.2, 0) is 38.2 Å². The second kappa shape index (κ2) is 22.4. The molecular weight excluding hydrogens is 771 g/mol. The summed E-state index contributed by atoms with van der Waals surface area (Å²) in [4.78, 5) is 89.5. The lowest BCUT2D eigenvalue weighted by Crippen LogP contribution is -2.41. The Hall–Kier alpha value is -3.30. The number of aliphatic hydroxyl groups excluding tert-OH is 2. The molecule has 2 heterocycles. The van der Waals surface area contributed by atoms with E-state index in [2.05, 4.69) is 15.6 Å². The van der Waals surface area contributed by atoms with E-state index >= 15 is 0 Å². The van der Waals surface area contributed by atoms with Crippen LogP contribution in [0.25, 0.3) is 0 Å². The minimum Gasteiger partial charge on any atom is -0.481 e. The van der Waals surface area contributed by atoms with Crippen LogP contribution in [0, 0.1) is 11.8 Å². The molecule has 2 amide bonds. The SMILES string of the molecule is CCC(CSC1CCC1SCC(CC(=O)CCOCCC(C)=O)C(=O)NCCC(=O)CCC(=O)Nc1ccn([C@H]2O[C@@H](CO)[C@H](O)C2(F)F)c(=O)n1)C(=O)O. The Morgan fingerprint density at radius 3 is 2.24 bits per heavy atom. The molecule has 1 saturated carbocycles. The van der Waals surface area contributed by atoms with E-state index in [4.69, 9.17) is 14.6 Å². The molecule has 0 aromatic carbocycles. The number of anilines is 1. The number of carboxylic acid groups (broad SMARTS) is 1. The molecule has 2 fully saturated rings. The van der Waals surface area contributed by atoms with Gasteiger partial charge in [-0.25, -0.2) is 4.79 Å². The average molecular weight is 821 g/mol. The van der Waals surface area contributed by atoms with E-state index in [1.165, 1.54) is 6.92 Å². The molecule has 308 valence electrons. The van der Waals surface area contributed by atoms with Crippen molar-refractivity contribution in [3.8, 4) is 0 Å². The maximum absolute atomic E-state index is 14.4. The maximum Gasteiger partial charge on any atom is 0.351 e. The van der Waals surface area contributed by atoms with Gasteiger partial charge in [0.15, 0.2) is 6.10 Å². The molecule has 1 saturated heterocycles. The summed E-state index contributed by atoms with van der Waals surface area (Å²) in [6.07, 6.45) is -3.32. The number of carbonyl (C=O) groups excluding carboxylic acids is 5. The average Bonchev–Trinajstić information content (AvgIpc) is 3.34. The molecule has 0 spiro atoms. The van der Waals surface area contributed by atoms with Crippen molar-refractivity contribution < 1.29 is 62.3 Å². The Balaban J connectivity index is 1.46. The predicted molar refractivity (Wildman–Crippen MR) is 198 cm³/mol. The fraction of sp³-hybridized carbons (Fsp3) is 0.714. The van der Waals surface area contributed by atoms with Gasteiger partial charge in [-0.15, -0.1) is 0 Å². The number of nitrogens with one attached hydrogen (secondary N) is 2. The van der Waals surface area contributed by atoms with Gasteiger partial charge in [0.25, 0.3) is 0 Å². The fourth-order valence-corrected chi connectivity index (χ4v) is 8.99. The quantitative estimate of drug-likeness (QED) is 0.0840. The van der Waals surface area contributed by atoms with E-state index in [1.54, 1.807) is 23.5 Å². The van der Waals surface area contributed by atoms with Gasteiger partial charge in [-0.05, 0) is 32.3 Å². The normalized spacial score (nSPS) is 22.6. The zero-order chi connectivity index (χ0) is 40.7. The summed E-state index contributed by atoms with van der Waals surface area (Å²) in [5.41, 5.74) is -1.22. The lowest BCUT2D eigenvalue weighted by Gasteiger charge is -2.36. The van der Waals surface area contributed by atoms with E-state index < -0.39 is 66.3 Å². The van der Waals surface area contributed by atoms with E-state index in [-0.39, 0.29) is 92.0 Å². The number of carbonyl (C=O) groups is 6. The number of aliphatic carboxylic acids is 1. The van der Waals surface area contributed by atoms with Crippen LogP contribution in [0.3, 0.4) is 0 Å². The summed E-state index contributed by atoms with van der Waals surface area (Å²) >= 11 is 3.18. The third-order valence-electron chi connectivity index (χ3n) is 9.23. The second-order valence-electron chi connectivity index (χ2n) is 13.5. The first-order valence-electron chi connectivity index (χ1n) is 18.1. The Morgan fingerprint density at radius 2 is 1.67 bits per heavy atom. The van der Waals surface area contributed by atoms with Crippen LogP contribution < -0.4 is 16.3 Å². The number of hydrogen-bond acceptors (Lipinski definition) is 14. The molecule has 55 heavy (non-hydrogen) atoms. The third kappa shape index (κ3) is 14.3. The van der Waals surface area contributed by atoms with Crippen molar-refractivity contribution in [3.63, 3.8) is 0 Å². The zero-order valence-electron chi connectivity index (χ0n) is 30.8. The Morgan fingerprint density at radius 1 is 1.02 bits per heavy atom. The molecule has 1 aliphatic carbocycles. The number of alkyl halides is 2. The van der Waals surface area contributed by atoms with Crippen molar-refractivity contribution in [2.75, 3.05) is 43.2 Å². The summed E-state index contributed by atoms with van der Waals surface area (Å²) < 4.78 is 39.6. The monoisotopic (exact) mass is 820 g/mol. The Kier molecular flexibility index (Phi) is 18.8. The van der Waals surface area contributed by atoms with Gasteiger partial charge in [-0.2, -0.15) is 37.3 Å². The van der Waals surface area contributed by atoms with Gasteiger partial charge < -0.3 is 35.4 Å². The number of aromatic nitrogens is 2. The number of ether oxygens (including phenoxy) is 2. The standard InChI is InChI=1S/C35H50F2N4O12S2/c1-3-21(32(49)50)18-54-26-5-6-27(26)55-19-22(16-24(45)11-15-52-14-10-20(2)43)31(48)38-12-8-23(44)4-7-29(46)39-28-9-13-41(34(51)40-28)33-35(36,37)30(47)25(17-42)53-33/h9,13,21-22,25-27,30,33,42,47H,3-8,10-12,14-19H2,1-2H3,(H,38,48)(H,49,50)(H,39,40,46,51)/t21?,22?,25-,26?,27?,30-,33-/m0/s1. The van der Waals surface area contributed by atoms with Gasteiger partial charge in [0.1, 0.15) is 29.3 Å². The number of hydrogen-bond donors (Lipinski definition) is 5. The number of aliphatic hydroxyl groups is 2. The summed E-state index contributed by atoms with van der Waals surface area (Å²) in [6, 6.07) is 1.06. The van der Waals surface area contributed by atoms with E-state index in [9.17, 15) is 52.6 Å². The van der Waals surface area contributed by atoms with E-state index in [0.717, 1.165) is 25.1 Å². The summed E-state index contributed by atoms with van der Waals surface area (Å²) in [5.74, 6) is -6.97. The highest BCUT2D eigenvalue weighted by atomic mass is 32.2. The van der Waals surface area contributed by atoms with Crippen LogP contribution in [-0.4, -0.2) is 127 Å². The molecule has 7 atom stereocenters. The second-order valence-corrected chi connectivity index (χ2v) is 16.0. The van der Waals surface area contributed by atoms with E-state index in [1.807, 2.05) is 6.92 Å². The lowest BCUT2D eigenvalue weighted by atomic mass is 9.99. The number of halogens is 2. The zero-order valence-corrected chi connectivity index (χ0v) is 32.4. The van der Waals surface area contributed by atoms with Crippen LogP contribution in [0.5, 0.6) is 0 Å². The third-order valence-corrected chi connectivity index (χ3v) is 12.6. The molecule has 0 radical (unpaired) electrons.